The number of nitrogens with zero attached hydrogens (tertiary/aromatic N) is 3. The number of carbonyl (C=O) groups excluding carboxylic acids is 3. The highest BCUT2D eigenvalue weighted by Crippen LogP contribution is 2.55. The molecule has 2 fully saturated rings. The SMILES string of the molecule is COC1C=COC2(C)Oc3c(C)c(O)c4c(O)c(c(C=NN5CCC(N6CCCCC6)CC5)c(O)c4c3C2=O)NC(=O)C(C)=CC=CC(C)C(O)C(C)C(O)C(C)C(OC(C)=O)C1C. The number of hydrogen-bond donors (Lipinski definition) is 6. The van der Waals surface area contributed by atoms with Crippen LogP contribution < -0.4 is 10.1 Å². The van der Waals surface area contributed by atoms with Crippen LogP contribution in [0.15, 0.2) is 41.2 Å². The molecule has 16 nitrogen and oxygen atoms in total. The molecule has 9 atom stereocenters. The number of benzene rings is 2. The van der Waals surface area contributed by atoms with Gasteiger partial charge in [-0.05, 0) is 58.7 Å². The van der Waals surface area contributed by atoms with Gasteiger partial charge in [0.15, 0.2) is 5.75 Å². The number of ketones is 1. The van der Waals surface area contributed by atoms with Crippen molar-refractivity contribution in [1.29, 1.82) is 0 Å². The molecule has 1 amide bonds. The average molecular weight is 891 g/mol. The van der Waals surface area contributed by atoms with E-state index >= 15 is 0 Å². The maximum atomic E-state index is 14.6. The molecule has 7 rings (SSSR count). The predicted octanol–water partition coefficient (Wildman–Crippen LogP) is 6.04. The van der Waals surface area contributed by atoms with E-state index in [9.17, 15) is 39.9 Å². The molecule has 64 heavy (non-hydrogen) atoms. The molecule has 0 aromatic heterocycles. The highest BCUT2D eigenvalue weighted by atomic mass is 16.7. The lowest BCUT2D eigenvalue weighted by Gasteiger charge is -2.39. The Hall–Kier alpha value is -5.16. The summed E-state index contributed by atoms with van der Waals surface area (Å²) in [6, 6.07) is 0.442. The minimum Gasteiger partial charge on any atom is -0.507 e. The monoisotopic (exact) mass is 890 g/mol. The summed E-state index contributed by atoms with van der Waals surface area (Å²) in [5, 5.41) is 67.7. The number of esters is 1. The van der Waals surface area contributed by atoms with Crippen molar-refractivity contribution in [3.8, 4) is 23.0 Å². The van der Waals surface area contributed by atoms with Gasteiger partial charge < -0.3 is 54.7 Å². The van der Waals surface area contributed by atoms with Gasteiger partial charge in [-0.2, -0.15) is 5.10 Å². The molecule has 0 radical (unpaired) electrons. The van der Waals surface area contributed by atoms with Crippen LogP contribution in [0, 0.1) is 30.6 Å². The number of methoxy groups -OCH3 is 1. The number of rotatable bonds is 5. The van der Waals surface area contributed by atoms with E-state index < -0.39 is 88.8 Å². The quantitative estimate of drug-likeness (QED) is 0.0873. The van der Waals surface area contributed by atoms with Crippen molar-refractivity contribution < 1.29 is 58.9 Å². The summed E-state index contributed by atoms with van der Waals surface area (Å²) in [6.07, 6.45) is 10.4. The number of aromatic hydroxyl groups is 3. The molecule has 0 spiro atoms. The number of Topliss-reactive ketones (excluding diaryl/α,β-unsaturated/α-hetero) is 1. The number of carbonyl (C=O) groups is 3. The van der Waals surface area contributed by atoms with Gasteiger partial charge in [0.05, 0.1) is 53.0 Å². The second-order valence-electron chi connectivity index (χ2n) is 18.1. The van der Waals surface area contributed by atoms with Crippen LogP contribution in [-0.2, 0) is 23.8 Å². The van der Waals surface area contributed by atoms with Gasteiger partial charge in [-0.25, -0.2) is 0 Å². The Morgan fingerprint density at radius 3 is 2.22 bits per heavy atom. The number of aliphatic hydroxyl groups is 2. The summed E-state index contributed by atoms with van der Waals surface area (Å²) >= 11 is 0. The molecule has 5 heterocycles. The first-order valence-corrected chi connectivity index (χ1v) is 22.4. The van der Waals surface area contributed by atoms with Gasteiger partial charge in [0.25, 0.3) is 11.7 Å². The zero-order valence-corrected chi connectivity index (χ0v) is 38.5. The fourth-order valence-electron chi connectivity index (χ4n) is 9.63. The zero-order valence-electron chi connectivity index (χ0n) is 38.5. The van der Waals surface area contributed by atoms with Crippen LogP contribution in [0.1, 0.15) is 102 Å². The van der Waals surface area contributed by atoms with Gasteiger partial charge in [-0.15, -0.1) is 0 Å². The Bertz CT molecular complexity index is 2210. The van der Waals surface area contributed by atoms with E-state index in [1.807, 2.05) is 5.01 Å². The number of hydrazone groups is 1. The molecule has 5 aliphatic rings. The Kier molecular flexibility index (Phi) is 15.0. The topological polar surface area (TPSA) is 220 Å². The van der Waals surface area contributed by atoms with Crippen LogP contribution in [0.4, 0.5) is 5.69 Å². The number of amides is 1. The smallest absolute Gasteiger partial charge is 0.312 e. The number of allylic oxidation sites excluding steroid dienone is 2. The number of phenols is 3. The molecule has 5 bridgehead atoms. The van der Waals surface area contributed by atoms with Crippen LogP contribution in [0.25, 0.3) is 10.8 Å². The molecule has 6 N–H and O–H groups in total. The lowest BCUT2D eigenvalue weighted by molar-refractivity contribution is -0.160. The van der Waals surface area contributed by atoms with Gasteiger partial charge in [-0.1, -0.05) is 52.3 Å². The van der Waals surface area contributed by atoms with E-state index in [1.54, 1.807) is 46.8 Å². The maximum absolute atomic E-state index is 14.6. The van der Waals surface area contributed by atoms with Crippen LogP contribution >= 0.6 is 0 Å². The standard InChI is InChI=1S/C48H66N4O12/c1-25-14-13-15-26(2)47(60)50-38-33(24-49-52-21-16-32(17-22-52)51-19-11-10-12-20-51)42(57)35-36(43(38)58)41(56)30(6)45-37(35)46(59)48(8,64-45)62-23-18-34(61-9)27(3)44(63-31(7)53)29(5)40(55)28(4)39(25)54/h13-15,18,23-25,27-29,32,34,39-40,44,54-58H,10-12,16-17,19-22H2,1-9H3,(H,50,60). The molecule has 9 unspecified atom stereocenters. The van der Waals surface area contributed by atoms with Crippen molar-refractivity contribution in [2.75, 3.05) is 38.6 Å². The number of fused-ring (bicyclic) bond motifs is 14. The van der Waals surface area contributed by atoms with Gasteiger partial charge in [0.1, 0.15) is 23.4 Å². The fraction of sp³-hybridized carbons (Fsp3) is 0.583. The number of hydrogen-bond acceptors (Lipinski definition) is 15. The summed E-state index contributed by atoms with van der Waals surface area (Å²) in [7, 11) is 1.44. The molecule has 2 aromatic rings. The summed E-state index contributed by atoms with van der Waals surface area (Å²) in [5.74, 6) is -8.27. The molecule has 2 aromatic carbocycles. The van der Waals surface area contributed by atoms with Gasteiger partial charge in [0, 0.05) is 80.3 Å². The largest absolute Gasteiger partial charge is 0.507 e. The third-order valence-electron chi connectivity index (χ3n) is 13.7. The van der Waals surface area contributed by atoms with Gasteiger partial charge in [0.2, 0.25) is 0 Å². The first-order valence-electron chi connectivity index (χ1n) is 22.4. The first kappa shape index (κ1) is 48.3. The lowest BCUT2D eigenvalue weighted by Crippen LogP contribution is -2.46. The second kappa shape index (κ2) is 19.9. The number of piperidine rings is 2. The molecule has 2 saturated heterocycles. The molecule has 0 saturated carbocycles. The lowest BCUT2D eigenvalue weighted by atomic mass is 9.78. The third kappa shape index (κ3) is 9.60. The second-order valence-corrected chi connectivity index (χ2v) is 18.1. The third-order valence-corrected chi connectivity index (χ3v) is 13.7. The van der Waals surface area contributed by atoms with Crippen LogP contribution in [0.5, 0.6) is 23.0 Å². The zero-order chi connectivity index (χ0) is 46.8. The van der Waals surface area contributed by atoms with E-state index in [-0.39, 0.29) is 44.5 Å². The molecule has 0 aliphatic carbocycles. The van der Waals surface area contributed by atoms with Crippen molar-refractivity contribution in [1.82, 2.24) is 9.91 Å². The number of likely N-dealkylation sites (tertiary alicyclic amines) is 1. The average Bonchev–Trinajstić information content (AvgIpc) is 3.54. The van der Waals surface area contributed by atoms with Gasteiger partial charge >= 0.3 is 11.8 Å². The normalized spacial score (nSPS) is 30.4. The van der Waals surface area contributed by atoms with Crippen molar-refractivity contribution in [2.45, 2.75) is 124 Å². The van der Waals surface area contributed by atoms with Gasteiger partial charge in [-0.3, -0.25) is 19.4 Å². The predicted molar refractivity (Wildman–Crippen MR) is 241 cm³/mol. The summed E-state index contributed by atoms with van der Waals surface area (Å²) in [4.78, 5) is 43.4. The van der Waals surface area contributed by atoms with E-state index in [1.165, 1.54) is 71.8 Å². The Morgan fingerprint density at radius 1 is 0.906 bits per heavy atom. The molecule has 5 aliphatic heterocycles. The summed E-state index contributed by atoms with van der Waals surface area (Å²) < 4.78 is 23.7. The highest BCUT2D eigenvalue weighted by molar-refractivity contribution is 6.23. The van der Waals surface area contributed by atoms with E-state index in [2.05, 4.69) is 10.2 Å². The van der Waals surface area contributed by atoms with Crippen molar-refractivity contribution in [3.05, 3.63) is 52.8 Å². The number of ether oxygens (including phenoxy) is 4. The summed E-state index contributed by atoms with van der Waals surface area (Å²) in [5.41, 5.74) is -0.280. The molecule has 350 valence electrons. The van der Waals surface area contributed by atoms with E-state index in [0.717, 1.165) is 25.9 Å². The highest BCUT2D eigenvalue weighted by Gasteiger charge is 2.50. The first-order chi connectivity index (χ1) is 30.3. The van der Waals surface area contributed by atoms with Crippen molar-refractivity contribution in [3.63, 3.8) is 0 Å². The number of anilines is 1. The fourth-order valence-corrected chi connectivity index (χ4v) is 9.63. The van der Waals surface area contributed by atoms with Crippen LogP contribution in [0.2, 0.25) is 0 Å². The molecular formula is C48H66N4O12. The molecular weight excluding hydrogens is 825 g/mol. The summed E-state index contributed by atoms with van der Waals surface area (Å²) in [6.45, 7) is 16.0. The Labute approximate surface area is 375 Å². The minimum absolute atomic E-state index is 0.0644. The van der Waals surface area contributed by atoms with E-state index in [0.29, 0.717) is 19.1 Å². The molecule has 16 heteroatoms. The Morgan fingerprint density at radius 2 is 1.58 bits per heavy atom. The number of aliphatic hydroxyl groups excluding tert-OH is 2. The van der Waals surface area contributed by atoms with E-state index in [4.69, 9.17) is 24.0 Å². The van der Waals surface area contributed by atoms with Crippen LogP contribution in [0.3, 0.4) is 0 Å². The van der Waals surface area contributed by atoms with Crippen molar-refractivity contribution >= 4 is 40.3 Å². The van der Waals surface area contributed by atoms with Crippen LogP contribution in [-0.4, -0.2) is 129 Å². The Balaban J connectivity index is 1.46. The number of phenolic OH excluding ortho intramolecular Hbond substituents is 3. The van der Waals surface area contributed by atoms with Crippen molar-refractivity contribution in [2.24, 2.45) is 28.8 Å². The maximum Gasteiger partial charge on any atom is 0.312 e. The minimum atomic E-state index is -2.04. The number of nitrogens with one attached hydrogen (secondary N) is 1.